The summed E-state index contributed by atoms with van der Waals surface area (Å²) in [5, 5.41) is -0.729. The number of hydrogen-bond donors (Lipinski definition) is 0. The third-order valence-corrected chi connectivity index (χ3v) is 5.30. The topological polar surface area (TPSA) is 69.7 Å². The summed E-state index contributed by atoms with van der Waals surface area (Å²) >= 11 is 0. The molecule has 0 aliphatic rings. The van der Waals surface area contributed by atoms with Gasteiger partial charge in [0.15, 0.2) is 9.84 Å². The second kappa shape index (κ2) is 7.28. The molecular formula is C14H20O5S. The molecule has 1 atom stereocenters. The lowest BCUT2D eigenvalue weighted by atomic mass is 10.2. The highest BCUT2D eigenvalue weighted by atomic mass is 32.2. The highest BCUT2D eigenvalue weighted by Gasteiger charge is 2.23. The summed E-state index contributed by atoms with van der Waals surface area (Å²) in [6.07, 6.45) is 0.305. The summed E-state index contributed by atoms with van der Waals surface area (Å²) in [7, 11) is -0.485. The van der Waals surface area contributed by atoms with Crippen molar-refractivity contribution in [3.05, 3.63) is 29.8 Å². The summed E-state index contributed by atoms with van der Waals surface area (Å²) < 4.78 is 33.6. The first-order valence-corrected chi connectivity index (χ1v) is 8.02. The van der Waals surface area contributed by atoms with Crippen molar-refractivity contribution in [3.63, 3.8) is 0 Å². The van der Waals surface area contributed by atoms with Gasteiger partial charge in [-0.05, 0) is 31.0 Å². The van der Waals surface area contributed by atoms with E-state index in [4.69, 9.17) is 4.74 Å². The fraction of sp³-hybridized carbons (Fsp3) is 0.500. The second-order valence-electron chi connectivity index (χ2n) is 4.56. The highest BCUT2D eigenvalue weighted by molar-refractivity contribution is 7.92. The van der Waals surface area contributed by atoms with E-state index in [9.17, 15) is 13.2 Å². The van der Waals surface area contributed by atoms with Crippen molar-refractivity contribution in [2.75, 3.05) is 20.0 Å². The average Bonchev–Trinajstić information content (AvgIpc) is 2.45. The van der Waals surface area contributed by atoms with E-state index in [1.165, 1.54) is 14.0 Å². The molecule has 0 saturated heterocycles. The molecule has 1 aromatic rings. The van der Waals surface area contributed by atoms with Gasteiger partial charge in [-0.25, -0.2) is 8.42 Å². The molecule has 1 aromatic carbocycles. The number of rotatable bonds is 7. The molecule has 0 aromatic heterocycles. The summed E-state index contributed by atoms with van der Waals surface area (Å²) in [4.78, 5) is 11.1. The maximum Gasteiger partial charge on any atom is 0.306 e. The van der Waals surface area contributed by atoms with E-state index in [-0.39, 0.29) is 12.2 Å². The van der Waals surface area contributed by atoms with Crippen LogP contribution in [0.25, 0.3) is 0 Å². The minimum atomic E-state index is -3.31. The molecule has 0 fully saturated rings. The number of methoxy groups -OCH3 is 2. The van der Waals surface area contributed by atoms with Gasteiger partial charge in [-0.1, -0.05) is 12.1 Å². The van der Waals surface area contributed by atoms with Crippen molar-refractivity contribution >= 4 is 15.8 Å². The molecule has 0 spiro atoms. The number of carbonyl (C=O) groups excluding carboxylic acids is 1. The van der Waals surface area contributed by atoms with Crippen molar-refractivity contribution in [2.45, 2.75) is 25.0 Å². The number of benzene rings is 1. The highest BCUT2D eigenvalue weighted by Crippen LogP contribution is 2.14. The Kier molecular flexibility index (Phi) is 6.01. The zero-order valence-corrected chi connectivity index (χ0v) is 12.8. The van der Waals surface area contributed by atoms with Crippen molar-refractivity contribution in [2.24, 2.45) is 0 Å². The van der Waals surface area contributed by atoms with Crippen LogP contribution >= 0.6 is 0 Å². The Hall–Kier alpha value is -1.56. The number of sulfone groups is 1. The Morgan fingerprint density at radius 1 is 1.20 bits per heavy atom. The third-order valence-electron chi connectivity index (χ3n) is 3.13. The Morgan fingerprint density at radius 3 is 2.30 bits per heavy atom. The minimum Gasteiger partial charge on any atom is -0.497 e. The van der Waals surface area contributed by atoms with Crippen LogP contribution in [-0.4, -0.2) is 39.6 Å². The number of aryl methyl sites for hydroxylation is 1. The van der Waals surface area contributed by atoms with E-state index in [0.717, 1.165) is 11.3 Å². The summed E-state index contributed by atoms with van der Waals surface area (Å²) in [6.45, 7) is 1.53. The molecule has 112 valence electrons. The van der Waals surface area contributed by atoms with Crippen molar-refractivity contribution in [3.8, 4) is 5.75 Å². The van der Waals surface area contributed by atoms with E-state index in [1.807, 2.05) is 12.1 Å². The summed E-state index contributed by atoms with van der Waals surface area (Å²) in [5.74, 6) is 0.235. The van der Waals surface area contributed by atoms with Crippen LogP contribution in [0.2, 0.25) is 0 Å². The molecule has 1 unspecified atom stereocenters. The van der Waals surface area contributed by atoms with Gasteiger partial charge in [-0.15, -0.1) is 0 Å². The van der Waals surface area contributed by atoms with E-state index in [1.54, 1.807) is 19.2 Å². The van der Waals surface area contributed by atoms with E-state index < -0.39 is 21.1 Å². The second-order valence-corrected chi connectivity index (χ2v) is 7.09. The van der Waals surface area contributed by atoms with Crippen LogP contribution in [0.15, 0.2) is 24.3 Å². The van der Waals surface area contributed by atoms with E-state index in [2.05, 4.69) is 4.74 Å². The van der Waals surface area contributed by atoms with Gasteiger partial charge >= 0.3 is 5.97 Å². The van der Waals surface area contributed by atoms with Crippen LogP contribution in [0, 0.1) is 0 Å². The van der Waals surface area contributed by atoms with Crippen LogP contribution in [0.4, 0.5) is 0 Å². The molecule has 0 aliphatic carbocycles. The fourth-order valence-corrected chi connectivity index (χ4v) is 3.01. The van der Waals surface area contributed by atoms with Gasteiger partial charge in [0.1, 0.15) is 5.75 Å². The van der Waals surface area contributed by atoms with Crippen molar-refractivity contribution < 1.29 is 22.7 Å². The quantitative estimate of drug-likeness (QED) is 0.715. The fourth-order valence-electron chi connectivity index (χ4n) is 1.70. The SMILES string of the molecule is COC(=O)CC(C)S(=O)(=O)CCc1ccc(OC)cc1. The predicted molar refractivity (Wildman–Crippen MR) is 76.6 cm³/mol. The maximum atomic E-state index is 12.0. The Balaban J connectivity index is 2.59. The lowest BCUT2D eigenvalue weighted by molar-refractivity contribution is -0.140. The van der Waals surface area contributed by atoms with Crippen LogP contribution in [0.5, 0.6) is 5.75 Å². The molecule has 0 radical (unpaired) electrons. The van der Waals surface area contributed by atoms with E-state index in [0.29, 0.717) is 6.42 Å². The standard InChI is InChI=1S/C14H20O5S/c1-11(10-14(15)19-3)20(16,17)9-8-12-4-6-13(18-2)7-5-12/h4-7,11H,8-10H2,1-3H3. The predicted octanol–water partition coefficient (Wildman–Crippen LogP) is 1.60. The number of carbonyl (C=O) groups is 1. The Morgan fingerprint density at radius 2 is 1.80 bits per heavy atom. The largest absolute Gasteiger partial charge is 0.497 e. The summed E-state index contributed by atoms with van der Waals surface area (Å²) in [5.41, 5.74) is 0.916. The zero-order chi connectivity index (χ0) is 15.2. The molecule has 0 aliphatic heterocycles. The first-order valence-electron chi connectivity index (χ1n) is 6.30. The van der Waals surface area contributed by atoms with Crippen LogP contribution < -0.4 is 4.74 Å². The molecule has 0 amide bonds. The van der Waals surface area contributed by atoms with Crippen LogP contribution in [0.1, 0.15) is 18.9 Å². The molecule has 0 bridgehead atoms. The lowest BCUT2D eigenvalue weighted by Gasteiger charge is -2.11. The van der Waals surface area contributed by atoms with Crippen molar-refractivity contribution in [1.29, 1.82) is 0 Å². The molecule has 0 heterocycles. The van der Waals surface area contributed by atoms with Crippen molar-refractivity contribution in [1.82, 2.24) is 0 Å². The van der Waals surface area contributed by atoms with Gasteiger partial charge in [0.2, 0.25) is 0 Å². The normalized spacial score (nSPS) is 12.8. The molecule has 0 N–H and O–H groups in total. The summed E-state index contributed by atoms with van der Waals surface area (Å²) in [6, 6.07) is 7.25. The molecule has 5 nitrogen and oxygen atoms in total. The number of ether oxygens (including phenoxy) is 2. The first kappa shape index (κ1) is 16.5. The average molecular weight is 300 g/mol. The molecule has 0 saturated carbocycles. The molecule has 20 heavy (non-hydrogen) atoms. The van der Waals surface area contributed by atoms with Gasteiger partial charge < -0.3 is 9.47 Å². The molecular weight excluding hydrogens is 280 g/mol. The smallest absolute Gasteiger partial charge is 0.306 e. The monoisotopic (exact) mass is 300 g/mol. The Labute approximate surface area is 119 Å². The first-order chi connectivity index (χ1) is 9.39. The third kappa shape index (κ3) is 4.85. The number of hydrogen-bond acceptors (Lipinski definition) is 5. The van der Waals surface area contributed by atoms with Gasteiger partial charge in [0.05, 0.1) is 31.6 Å². The van der Waals surface area contributed by atoms with Gasteiger partial charge in [-0.3, -0.25) is 4.79 Å². The maximum absolute atomic E-state index is 12.0. The van der Waals surface area contributed by atoms with Gasteiger partial charge in [0, 0.05) is 0 Å². The lowest BCUT2D eigenvalue weighted by Crippen LogP contribution is -2.25. The number of esters is 1. The van der Waals surface area contributed by atoms with Gasteiger partial charge in [0.25, 0.3) is 0 Å². The molecule has 1 rings (SSSR count). The van der Waals surface area contributed by atoms with E-state index >= 15 is 0 Å². The van der Waals surface area contributed by atoms with Crippen LogP contribution in [0.3, 0.4) is 0 Å². The Bertz CT molecular complexity index is 533. The zero-order valence-electron chi connectivity index (χ0n) is 12.0. The minimum absolute atomic E-state index is 0.0114. The van der Waals surface area contributed by atoms with Gasteiger partial charge in [-0.2, -0.15) is 0 Å². The van der Waals surface area contributed by atoms with Crippen LogP contribution in [-0.2, 0) is 25.8 Å². The molecule has 6 heteroatoms.